The Balaban J connectivity index is 0.00000300. The summed E-state index contributed by atoms with van der Waals surface area (Å²) in [5.41, 5.74) is 1.82. The molecule has 1 heterocycles. The fourth-order valence-corrected chi connectivity index (χ4v) is 3.36. The molecular weight excluding hydrogens is 395 g/mol. The van der Waals surface area contributed by atoms with Gasteiger partial charge in [0.1, 0.15) is 5.82 Å². The molecule has 156 valence electrons. The molecule has 1 atom stereocenters. The van der Waals surface area contributed by atoms with Gasteiger partial charge in [-0.05, 0) is 41.8 Å². The first-order valence-corrected chi connectivity index (χ1v) is 9.28. The number of carbonyl (C=O) groups excluding carboxylic acids is 1. The zero-order valence-corrected chi connectivity index (χ0v) is 17.2. The van der Waals surface area contributed by atoms with E-state index in [1.165, 1.54) is 12.1 Å². The Labute approximate surface area is 176 Å². The van der Waals surface area contributed by atoms with E-state index in [4.69, 9.17) is 9.47 Å². The fraction of sp³-hybridized carbons (Fsp3) is 0.318. The zero-order valence-electron chi connectivity index (χ0n) is 16.4. The van der Waals surface area contributed by atoms with Crippen molar-refractivity contribution in [2.75, 3.05) is 33.4 Å². The average molecular weight is 421 g/mol. The molecule has 0 spiro atoms. The quantitative estimate of drug-likeness (QED) is 0.696. The molecule has 1 aliphatic rings. The van der Waals surface area contributed by atoms with Crippen LogP contribution < -0.4 is 14.8 Å². The van der Waals surface area contributed by atoms with Crippen molar-refractivity contribution in [2.24, 2.45) is 0 Å². The summed E-state index contributed by atoms with van der Waals surface area (Å²) in [6, 6.07) is 11.7. The molecule has 1 fully saturated rings. The number of carbonyl (C=O) groups is 1. The lowest BCUT2D eigenvalue weighted by Gasteiger charge is -2.36. The molecule has 0 saturated carbocycles. The number of benzene rings is 2. The van der Waals surface area contributed by atoms with Gasteiger partial charge in [0, 0.05) is 19.6 Å². The highest BCUT2D eigenvalue weighted by Gasteiger charge is 2.28. The third-order valence-electron chi connectivity index (χ3n) is 4.76. The standard InChI is InChI=1S/C22H25FN2O3.ClH/c1-3-5-16-8-9-20(21(12-16)27-2)28-15-22(26)25-11-10-24-14-19(25)17-6-4-7-18(23)13-17;/h3-4,6-9,12-13,19,24H,1,5,10-11,14-15H2,2H3;1H. The van der Waals surface area contributed by atoms with Crippen molar-refractivity contribution in [1.29, 1.82) is 0 Å². The van der Waals surface area contributed by atoms with Crippen LogP contribution in [0.1, 0.15) is 17.2 Å². The van der Waals surface area contributed by atoms with Crippen LogP contribution in [0.2, 0.25) is 0 Å². The Morgan fingerprint density at radius 3 is 2.86 bits per heavy atom. The van der Waals surface area contributed by atoms with E-state index >= 15 is 0 Å². The summed E-state index contributed by atoms with van der Waals surface area (Å²) in [5.74, 6) is 0.638. The summed E-state index contributed by atoms with van der Waals surface area (Å²) in [5, 5.41) is 3.26. The van der Waals surface area contributed by atoms with Crippen molar-refractivity contribution in [3.63, 3.8) is 0 Å². The molecule has 0 bridgehead atoms. The lowest BCUT2D eigenvalue weighted by molar-refractivity contribution is -0.136. The molecule has 5 nitrogen and oxygen atoms in total. The fourth-order valence-electron chi connectivity index (χ4n) is 3.36. The van der Waals surface area contributed by atoms with Crippen molar-refractivity contribution in [1.82, 2.24) is 10.2 Å². The van der Waals surface area contributed by atoms with E-state index in [1.54, 1.807) is 24.1 Å². The number of allylic oxidation sites excluding steroid dienone is 1. The SMILES string of the molecule is C=CCc1ccc(OCC(=O)N2CCNCC2c2cccc(F)c2)c(OC)c1.Cl. The van der Waals surface area contributed by atoms with E-state index in [0.717, 1.165) is 17.5 Å². The van der Waals surface area contributed by atoms with E-state index in [1.807, 2.05) is 24.3 Å². The van der Waals surface area contributed by atoms with Crippen LogP contribution in [0.25, 0.3) is 0 Å². The van der Waals surface area contributed by atoms with Crippen LogP contribution in [-0.4, -0.2) is 44.2 Å². The first-order valence-electron chi connectivity index (χ1n) is 9.28. The maximum Gasteiger partial charge on any atom is 0.261 e. The van der Waals surface area contributed by atoms with Gasteiger partial charge in [-0.15, -0.1) is 19.0 Å². The Hall–Kier alpha value is -2.57. The Bertz CT molecular complexity index is 847. The molecule has 1 unspecified atom stereocenters. The minimum absolute atomic E-state index is 0. The summed E-state index contributed by atoms with van der Waals surface area (Å²) < 4.78 is 24.7. The van der Waals surface area contributed by atoms with Crippen LogP contribution >= 0.6 is 12.4 Å². The van der Waals surface area contributed by atoms with Crippen LogP contribution in [0.4, 0.5) is 4.39 Å². The normalized spacial score (nSPS) is 15.9. The molecule has 2 aromatic carbocycles. The number of hydrogen-bond acceptors (Lipinski definition) is 4. The van der Waals surface area contributed by atoms with Gasteiger partial charge >= 0.3 is 0 Å². The van der Waals surface area contributed by atoms with Crippen molar-refractivity contribution in [3.05, 3.63) is 72.1 Å². The molecule has 0 aromatic heterocycles. The molecule has 0 aliphatic carbocycles. The van der Waals surface area contributed by atoms with E-state index in [0.29, 0.717) is 31.1 Å². The minimum atomic E-state index is -0.309. The van der Waals surface area contributed by atoms with Crippen LogP contribution in [0.3, 0.4) is 0 Å². The van der Waals surface area contributed by atoms with E-state index in [-0.39, 0.29) is 36.8 Å². The van der Waals surface area contributed by atoms with Crippen LogP contribution in [0.5, 0.6) is 11.5 Å². The second-order valence-corrected chi connectivity index (χ2v) is 6.63. The zero-order chi connectivity index (χ0) is 19.9. The predicted octanol–water partition coefficient (Wildman–Crippen LogP) is 3.54. The number of hydrogen-bond donors (Lipinski definition) is 1. The van der Waals surface area contributed by atoms with Crippen molar-refractivity contribution in [3.8, 4) is 11.5 Å². The molecule has 1 N–H and O–H groups in total. The van der Waals surface area contributed by atoms with E-state index in [9.17, 15) is 9.18 Å². The predicted molar refractivity (Wildman–Crippen MR) is 113 cm³/mol. The highest BCUT2D eigenvalue weighted by Crippen LogP contribution is 2.29. The topological polar surface area (TPSA) is 50.8 Å². The third kappa shape index (κ3) is 5.71. The Kier molecular flexibility index (Phi) is 8.49. The number of ether oxygens (including phenoxy) is 2. The van der Waals surface area contributed by atoms with Gasteiger partial charge in [0.05, 0.1) is 13.2 Å². The smallest absolute Gasteiger partial charge is 0.261 e. The number of piperazine rings is 1. The number of nitrogens with one attached hydrogen (secondary N) is 1. The summed E-state index contributed by atoms with van der Waals surface area (Å²) in [4.78, 5) is 14.6. The van der Waals surface area contributed by atoms with Gasteiger partial charge in [-0.1, -0.05) is 24.3 Å². The highest BCUT2D eigenvalue weighted by molar-refractivity contribution is 5.85. The van der Waals surface area contributed by atoms with Gasteiger partial charge in [0.2, 0.25) is 0 Å². The second kappa shape index (κ2) is 10.8. The Morgan fingerprint density at radius 1 is 1.31 bits per heavy atom. The monoisotopic (exact) mass is 420 g/mol. The van der Waals surface area contributed by atoms with Gasteiger partial charge in [-0.3, -0.25) is 4.79 Å². The lowest BCUT2D eigenvalue weighted by atomic mass is 10.0. The molecule has 1 saturated heterocycles. The van der Waals surface area contributed by atoms with Crippen LogP contribution in [0.15, 0.2) is 55.1 Å². The molecule has 1 aliphatic heterocycles. The van der Waals surface area contributed by atoms with Gasteiger partial charge in [-0.2, -0.15) is 0 Å². The van der Waals surface area contributed by atoms with Gasteiger partial charge < -0.3 is 19.7 Å². The molecule has 3 rings (SSSR count). The minimum Gasteiger partial charge on any atom is -0.493 e. The number of rotatable bonds is 7. The molecule has 7 heteroatoms. The summed E-state index contributed by atoms with van der Waals surface area (Å²) in [6.45, 7) is 5.43. The maximum absolute atomic E-state index is 13.6. The Morgan fingerprint density at radius 2 is 2.14 bits per heavy atom. The molecule has 0 radical (unpaired) electrons. The van der Waals surface area contributed by atoms with Crippen LogP contribution in [-0.2, 0) is 11.2 Å². The molecule has 29 heavy (non-hydrogen) atoms. The van der Waals surface area contributed by atoms with Crippen molar-refractivity contribution in [2.45, 2.75) is 12.5 Å². The lowest BCUT2D eigenvalue weighted by Crippen LogP contribution is -2.50. The van der Waals surface area contributed by atoms with Gasteiger partial charge in [-0.25, -0.2) is 4.39 Å². The molecular formula is C22H26ClFN2O3. The number of methoxy groups -OCH3 is 1. The average Bonchev–Trinajstić information content (AvgIpc) is 2.72. The third-order valence-corrected chi connectivity index (χ3v) is 4.76. The van der Waals surface area contributed by atoms with Crippen molar-refractivity contribution >= 4 is 18.3 Å². The van der Waals surface area contributed by atoms with Gasteiger partial charge in [0.15, 0.2) is 18.1 Å². The summed E-state index contributed by atoms with van der Waals surface area (Å²) in [7, 11) is 1.57. The summed E-state index contributed by atoms with van der Waals surface area (Å²) in [6.07, 6.45) is 2.54. The first kappa shape index (κ1) is 22.7. The second-order valence-electron chi connectivity index (χ2n) is 6.63. The molecule has 2 aromatic rings. The number of nitrogens with zero attached hydrogens (tertiary/aromatic N) is 1. The first-order chi connectivity index (χ1) is 13.6. The largest absolute Gasteiger partial charge is 0.493 e. The maximum atomic E-state index is 13.6. The number of halogens is 2. The van der Waals surface area contributed by atoms with Crippen LogP contribution in [0, 0.1) is 5.82 Å². The highest BCUT2D eigenvalue weighted by atomic mass is 35.5. The van der Waals surface area contributed by atoms with E-state index in [2.05, 4.69) is 11.9 Å². The summed E-state index contributed by atoms with van der Waals surface area (Å²) >= 11 is 0. The molecule has 1 amide bonds. The van der Waals surface area contributed by atoms with Crippen molar-refractivity contribution < 1.29 is 18.7 Å². The van der Waals surface area contributed by atoms with E-state index < -0.39 is 0 Å². The van der Waals surface area contributed by atoms with Gasteiger partial charge in [0.25, 0.3) is 5.91 Å². The number of amides is 1.